The highest BCUT2D eigenvalue weighted by Gasteiger charge is 2.33. The van der Waals surface area contributed by atoms with E-state index >= 15 is 0 Å². The van der Waals surface area contributed by atoms with Crippen LogP contribution in [0.3, 0.4) is 0 Å². The largest absolute Gasteiger partial charge is 0.619 e. The minimum absolute atomic E-state index is 0.284. The number of rotatable bonds is 7. The average Bonchev–Trinajstić information content (AvgIpc) is 2.94. The molecule has 0 aliphatic heterocycles. The number of hydrogen-bond donors (Lipinski definition) is 1. The van der Waals surface area contributed by atoms with Crippen molar-refractivity contribution < 1.29 is 17.9 Å². The predicted octanol–water partition coefficient (Wildman–Crippen LogP) is 6.42. The predicted molar refractivity (Wildman–Crippen MR) is 165 cm³/mol. The Balaban J connectivity index is 1.44. The van der Waals surface area contributed by atoms with Gasteiger partial charge in [-0.15, -0.1) is 0 Å². The van der Waals surface area contributed by atoms with Gasteiger partial charge in [-0.3, -0.25) is 9.78 Å². The molecule has 0 bridgehead atoms. The Labute approximate surface area is 247 Å². The monoisotopic (exact) mass is 629 g/mol. The summed E-state index contributed by atoms with van der Waals surface area (Å²) in [6, 6.07) is 23.9. The summed E-state index contributed by atoms with van der Waals surface area (Å²) in [5, 5.41) is 15.1. The van der Waals surface area contributed by atoms with Crippen molar-refractivity contribution in [1.29, 1.82) is 0 Å². The minimum Gasteiger partial charge on any atom is -0.619 e. The van der Waals surface area contributed by atoms with Gasteiger partial charge in [0.1, 0.15) is 0 Å². The number of anilines is 1. The van der Waals surface area contributed by atoms with Crippen LogP contribution >= 0.6 is 15.9 Å². The minimum atomic E-state index is -3.41. The molecule has 208 valence electrons. The number of amides is 1. The second kappa shape index (κ2) is 11.1. The lowest BCUT2D eigenvalue weighted by atomic mass is 9.93. The molecule has 5 rings (SSSR count). The Morgan fingerprint density at radius 1 is 0.976 bits per heavy atom. The Morgan fingerprint density at radius 2 is 1.73 bits per heavy atom. The highest BCUT2D eigenvalue weighted by atomic mass is 79.9. The molecule has 1 N–H and O–H groups in total. The first-order valence-electron chi connectivity index (χ1n) is 12.9. The Kier molecular flexibility index (Phi) is 7.68. The van der Waals surface area contributed by atoms with E-state index in [-0.39, 0.29) is 5.91 Å². The summed E-state index contributed by atoms with van der Waals surface area (Å²) in [6.45, 7) is 3.38. The normalized spacial score (nSPS) is 11.9. The lowest BCUT2D eigenvalue weighted by Gasteiger charge is -2.24. The fourth-order valence-electron chi connectivity index (χ4n) is 4.56. The van der Waals surface area contributed by atoms with E-state index in [4.69, 9.17) is 0 Å². The van der Waals surface area contributed by atoms with Crippen molar-refractivity contribution >= 4 is 48.3 Å². The quantitative estimate of drug-likeness (QED) is 0.165. The summed E-state index contributed by atoms with van der Waals surface area (Å²) in [4.78, 5) is 17.9. The Hall–Kier alpha value is -4.08. The van der Waals surface area contributed by atoms with Crippen LogP contribution in [0, 0.1) is 5.21 Å². The van der Waals surface area contributed by atoms with Gasteiger partial charge in [0.2, 0.25) is 0 Å². The first-order chi connectivity index (χ1) is 19.4. The van der Waals surface area contributed by atoms with Crippen molar-refractivity contribution in [2.24, 2.45) is 0 Å². The molecule has 1 amide bonds. The highest BCUT2D eigenvalue weighted by molar-refractivity contribution is 9.10. The van der Waals surface area contributed by atoms with Crippen LogP contribution < -0.4 is 10.0 Å². The second-order valence-corrected chi connectivity index (χ2v) is 13.9. The number of nitrogens with zero attached hydrogens (tertiary/aromatic N) is 2. The first kappa shape index (κ1) is 28.4. The van der Waals surface area contributed by atoms with Crippen molar-refractivity contribution in [3.8, 4) is 11.1 Å². The van der Waals surface area contributed by atoms with Crippen LogP contribution in [-0.4, -0.2) is 25.6 Å². The zero-order chi connectivity index (χ0) is 29.4. The number of nitrogens with one attached hydrogen (secondary N) is 1. The molecule has 0 aliphatic rings. The molecule has 41 heavy (non-hydrogen) atoms. The number of fused-ring (bicyclic) bond motifs is 1. The van der Waals surface area contributed by atoms with E-state index in [1.54, 1.807) is 50.4 Å². The first-order valence-corrected chi connectivity index (χ1v) is 15.6. The van der Waals surface area contributed by atoms with Crippen molar-refractivity contribution in [2.45, 2.75) is 25.0 Å². The number of hydrogen-bond acceptors (Lipinski definition) is 5. The topological polar surface area (TPSA) is 103 Å². The molecule has 5 aromatic rings. The lowest BCUT2D eigenvalue weighted by molar-refractivity contribution is -0.605. The third kappa shape index (κ3) is 6.01. The summed E-state index contributed by atoms with van der Waals surface area (Å²) in [7, 11) is -3.41. The van der Waals surface area contributed by atoms with E-state index in [1.165, 1.54) is 18.6 Å². The summed E-state index contributed by atoms with van der Waals surface area (Å²) in [6.07, 6.45) is 6.51. The number of halogens is 1. The molecule has 7 nitrogen and oxygen atoms in total. The highest BCUT2D eigenvalue weighted by Crippen LogP contribution is 2.36. The molecule has 0 saturated carbocycles. The third-order valence-corrected chi connectivity index (χ3v) is 10.1. The van der Waals surface area contributed by atoms with Gasteiger partial charge in [0.05, 0.1) is 16.0 Å². The van der Waals surface area contributed by atoms with Gasteiger partial charge >= 0.3 is 0 Å². The van der Waals surface area contributed by atoms with E-state index in [2.05, 4.69) is 26.2 Å². The van der Waals surface area contributed by atoms with E-state index in [9.17, 15) is 18.4 Å². The molecule has 9 heteroatoms. The summed E-state index contributed by atoms with van der Waals surface area (Å²) >= 11 is 3.57. The molecule has 0 fully saturated rings. The number of carbonyl (C=O) groups is 1. The van der Waals surface area contributed by atoms with Gasteiger partial charge in [-0.25, -0.2) is 8.42 Å². The number of pyridine rings is 2. The average molecular weight is 631 g/mol. The maximum atomic E-state index is 13.3. The van der Waals surface area contributed by atoms with Crippen molar-refractivity contribution in [3.63, 3.8) is 0 Å². The molecular weight excluding hydrogens is 602 g/mol. The zero-order valence-corrected chi connectivity index (χ0v) is 25.2. The fraction of sp³-hybridized carbons (Fsp3) is 0.156. The molecule has 0 atom stereocenters. The van der Waals surface area contributed by atoms with Crippen LogP contribution in [-0.2, 0) is 21.0 Å². The van der Waals surface area contributed by atoms with Gasteiger partial charge in [-0.05, 0) is 101 Å². The smallest absolute Gasteiger partial charge is 0.255 e. The SMILES string of the molecule is CC(C)(c1cc(-c2cccc(C(=O)Nc3ccc(Cc4cc[n+]([O-])cc4)cc3Br)c2)c2ncccc2c1)S(C)(=O)=O. The molecule has 0 radical (unpaired) electrons. The van der Waals surface area contributed by atoms with Gasteiger partial charge in [0, 0.05) is 45.6 Å². The second-order valence-electron chi connectivity index (χ2n) is 10.5. The number of benzene rings is 3. The van der Waals surface area contributed by atoms with Crippen molar-refractivity contribution in [1.82, 2.24) is 4.98 Å². The maximum Gasteiger partial charge on any atom is 0.255 e. The third-order valence-electron chi connectivity index (χ3n) is 7.32. The van der Waals surface area contributed by atoms with Gasteiger partial charge < -0.3 is 10.5 Å². The van der Waals surface area contributed by atoms with Gasteiger partial charge in [-0.1, -0.05) is 24.3 Å². The van der Waals surface area contributed by atoms with E-state index in [1.807, 2.05) is 48.5 Å². The zero-order valence-electron chi connectivity index (χ0n) is 22.8. The number of carbonyl (C=O) groups excluding carboxylic acids is 1. The molecule has 3 aromatic carbocycles. The van der Waals surface area contributed by atoms with Gasteiger partial charge in [0.15, 0.2) is 22.2 Å². The maximum absolute atomic E-state index is 13.3. The van der Waals surface area contributed by atoms with E-state index < -0.39 is 14.6 Å². The Morgan fingerprint density at radius 3 is 2.44 bits per heavy atom. The molecule has 2 aromatic heterocycles. The lowest BCUT2D eigenvalue weighted by Crippen LogP contribution is -2.28. The fourth-order valence-corrected chi connectivity index (χ4v) is 5.63. The van der Waals surface area contributed by atoms with E-state index in [0.29, 0.717) is 23.2 Å². The van der Waals surface area contributed by atoms with Crippen LogP contribution in [0.15, 0.2) is 102 Å². The van der Waals surface area contributed by atoms with Gasteiger partial charge in [-0.2, -0.15) is 4.73 Å². The van der Waals surface area contributed by atoms with Crippen LogP contribution in [0.2, 0.25) is 0 Å². The summed E-state index contributed by atoms with van der Waals surface area (Å²) in [5.41, 5.74) is 5.98. The van der Waals surface area contributed by atoms with Crippen LogP contribution in [0.4, 0.5) is 5.69 Å². The van der Waals surface area contributed by atoms with Crippen LogP contribution in [0.1, 0.15) is 40.9 Å². The van der Waals surface area contributed by atoms with Crippen molar-refractivity contribution in [2.75, 3.05) is 11.6 Å². The van der Waals surface area contributed by atoms with Crippen molar-refractivity contribution in [3.05, 3.63) is 129 Å². The summed E-state index contributed by atoms with van der Waals surface area (Å²) < 4.78 is 25.6. The molecule has 0 unspecified atom stereocenters. The van der Waals surface area contributed by atoms with Crippen LogP contribution in [0.5, 0.6) is 0 Å². The molecule has 0 saturated heterocycles. The van der Waals surface area contributed by atoms with Gasteiger partial charge in [0.25, 0.3) is 5.91 Å². The Bertz CT molecular complexity index is 1890. The molecular formula is C32H28BrN3O4S. The molecule has 0 aliphatic carbocycles. The molecule has 2 heterocycles. The van der Waals surface area contributed by atoms with Crippen LogP contribution in [0.25, 0.3) is 22.0 Å². The number of aromatic nitrogens is 2. The standard InChI is InChI=1S/C32H28BrN3O4S/c1-32(2,41(3,39)40)26-19-24-8-5-13-34-30(24)27(20-26)23-6-4-7-25(18-23)31(37)35-29-10-9-22(17-28(29)33)16-21-11-14-36(38)15-12-21/h4-15,17-20H,16H2,1-3H3,(H,35,37). The molecule has 0 spiro atoms. The van der Waals surface area contributed by atoms with E-state index in [0.717, 1.165) is 42.4 Å². The summed E-state index contributed by atoms with van der Waals surface area (Å²) in [5.74, 6) is -0.284. The number of sulfone groups is 1.